The van der Waals surface area contributed by atoms with Crippen LogP contribution in [0, 0.1) is 12.3 Å². The Labute approximate surface area is 200 Å². The third-order valence-electron chi connectivity index (χ3n) is 5.40. The van der Waals surface area contributed by atoms with Gasteiger partial charge in [-0.25, -0.2) is 4.79 Å². The lowest BCUT2D eigenvalue weighted by Gasteiger charge is -2.24. The number of β-amino-alcohol motifs (C(OH)–C–C–N with tert-alkyl or cyclic N) is 1. The quantitative estimate of drug-likeness (QED) is 0.499. The Morgan fingerprint density at radius 3 is 2.41 bits per heavy atom. The van der Waals surface area contributed by atoms with Crippen LogP contribution in [-0.2, 0) is 4.79 Å². The molecule has 3 amide bonds. The molecule has 1 saturated heterocycles. The number of nitrogens with one attached hydrogen (secondary N) is 2. The number of terminal acetylenes is 1. The number of likely N-dealkylation sites (tertiary alicyclic amines) is 1. The van der Waals surface area contributed by atoms with E-state index in [1.165, 1.54) is 28.1 Å². The zero-order valence-electron chi connectivity index (χ0n) is 17.8. The first kappa shape index (κ1) is 23.0. The highest BCUT2D eigenvalue weighted by molar-refractivity contribution is 6.30. The molecule has 2 atom stereocenters. The van der Waals surface area contributed by atoms with Gasteiger partial charge in [0, 0.05) is 40.9 Å². The van der Waals surface area contributed by atoms with Crippen LogP contribution in [0.5, 0.6) is 0 Å². The van der Waals surface area contributed by atoms with Crippen LogP contribution in [0.15, 0.2) is 71.9 Å². The van der Waals surface area contributed by atoms with Gasteiger partial charge in [-0.2, -0.15) is 0 Å². The fourth-order valence-electron chi connectivity index (χ4n) is 3.66. The highest BCUT2D eigenvalue weighted by Crippen LogP contribution is 2.29. The number of carbonyl (C=O) groups is 2. The van der Waals surface area contributed by atoms with Gasteiger partial charge in [-0.3, -0.25) is 19.1 Å². The van der Waals surface area contributed by atoms with Gasteiger partial charge in [-0.1, -0.05) is 17.5 Å². The summed E-state index contributed by atoms with van der Waals surface area (Å²) in [6.07, 6.45) is 9.57. The second-order valence-corrected chi connectivity index (χ2v) is 8.22. The number of aromatic nitrogens is 2. The third kappa shape index (κ3) is 4.93. The molecule has 1 aliphatic rings. The van der Waals surface area contributed by atoms with Gasteiger partial charge < -0.3 is 20.6 Å². The monoisotopic (exact) mass is 477 g/mol. The van der Waals surface area contributed by atoms with Crippen LogP contribution < -0.4 is 16.2 Å². The van der Waals surface area contributed by atoms with Crippen molar-refractivity contribution in [2.45, 2.75) is 18.1 Å². The van der Waals surface area contributed by atoms with Crippen LogP contribution in [0.25, 0.3) is 5.69 Å². The molecule has 2 heterocycles. The maximum absolute atomic E-state index is 13.0. The van der Waals surface area contributed by atoms with Gasteiger partial charge in [0.05, 0.1) is 12.7 Å². The summed E-state index contributed by atoms with van der Waals surface area (Å²) >= 11 is 5.87. The molecule has 0 radical (unpaired) electrons. The predicted octanol–water partition coefficient (Wildman–Crippen LogP) is 2.50. The lowest BCUT2D eigenvalue weighted by atomic mass is 10.0. The Hall–Kier alpha value is -4.13. The first-order valence-electron chi connectivity index (χ1n) is 10.3. The zero-order valence-corrected chi connectivity index (χ0v) is 18.6. The molecule has 1 aliphatic heterocycles. The zero-order chi connectivity index (χ0) is 24.3. The molecule has 0 spiro atoms. The van der Waals surface area contributed by atoms with Crippen molar-refractivity contribution < 1.29 is 14.7 Å². The van der Waals surface area contributed by atoms with Crippen LogP contribution in [0.2, 0.25) is 5.02 Å². The summed E-state index contributed by atoms with van der Waals surface area (Å²) in [7, 11) is 0. The molecule has 0 unspecified atom stereocenters. The number of benzene rings is 2. The Bertz CT molecular complexity index is 1320. The summed E-state index contributed by atoms with van der Waals surface area (Å²) in [5.74, 6) is 1.77. The van der Waals surface area contributed by atoms with E-state index >= 15 is 0 Å². The highest BCUT2D eigenvalue weighted by Gasteiger charge is 2.47. The van der Waals surface area contributed by atoms with E-state index in [2.05, 4.69) is 21.5 Å². The summed E-state index contributed by atoms with van der Waals surface area (Å²) in [6.45, 7) is -0.203. The number of hydrogen-bond donors (Lipinski definition) is 3. The van der Waals surface area contributed by atoms with Gasteiger partial charge in [0.25, 0.3) is 5.56 Å². The van der Waals surface area contributed by atoms with Crippen LogP contribution in [0.4, 0.5) is 16.2 Å². The number of aliphatic hydroxyl groups is 1. The third-order valence-corrected chi connectivity index (χ3v) is 5.66. The van der Waals surface area contributed by atoms with E-state index in [0.29, 0.717) is 22.1 Å². The van der Waals surface area contributed by atoms with E-state index in [0.717, 1.165) is 0 Å². The molecule has 9 nitrogen and oxygen atoms in total. The first-order valence-corrected chi connectivity index (χ1v) is 10.6. The standard InChI is InChI=1S/C24H20ClN5O4/c1-2-24(34)13-20(30(15-24)23(33)28-18-5-3-16(25)4-6-18)22(32)27-17-7-9-19(10-8-17)29-12-11-26-14-21(29)31/h1,3-12,14,20,34H,13,15H2,(H,27,32)(H,28,33)/t20-,24-/m1/s1. The van der Waals surface area contributed by atoms with Crippen molar-refractivity contribution in [3.63, 3.8) is 0 Å². The molecule has 0 bridgehead atoms. The lowest BCUT2D eigenvalue weighted by molar-refractivity contribution is -0.119. The van der Waals surface area contributed by atoms with Gasteiger partial charge in [0.1, 0.15) is 11.6 Å². The van der Waals surface area contributed by atoms with Crippen molar-refractivity contribution in [1.29, 1.82) is 0 Å². The van der Waals surface area contributed by atoms with Crippen molar-refractivity contribution >= 4 is 34.9 Å². The smallest absolute Gasteiger partial charge is 0.322 e. The summed E-state index contributed by atoms with van der Waals surface area (Å²) < 4.78 is 1.41. The Morgan fingerprint density at radius 2 is 1.76 bits per heavy atom. The van der Waals surface area contributed by atoms with E-state index in [4.69, 9.17) is 18.0 Å². The van der Waals surface area contributed by atoms with E-state index in [1.807, 2.05) is 0 Å². The topological polar surface area (TPSA) is 117 Å². The van der Waals surface area contributed by atoms with Crippen molar-refractivity contribution in [1.82, 2.24) is 14.5 Å². The molecule has 3 aromatic rings. The van der Waals surface area contributed by atoms with Gasteiger partial charge in [0.2, 0.25) is 5.91 Å². The van der Waals surface area contributed by atoms with Crippen LogP contribution in [-0.4, -0.2) is 49.7 Å². The van der Waals surface area contributed by atoms with E-state index in [1.54, 1.807) is 48.5 Å². The molecule has 10 heteroatoms. The Kier molecular flexibility index (Phi) is 6.36. The number of nitrogens with zero attached hydrogens (tertiary/aromatic N) is 3. The average molecular weight is 478 g/mol. The van der Waals surface area contributed by atoms with E-state index in [9.17, 15) is 19.5 Å². The second-order valence-electron chi connectivity index (χ2n) is 7.78. The average Bonchev–Trinajstić information content (AvgIpc) is 3.20. The van der Waals surface area contributed by atoms with Crippen molar-refractivity contribution in [3.05, 3.63) is 82.5 Å². The Morgan fingerprint density at radius 1 is 1.12 bits per heavy atom. The predicted molar refractivity (Wildman–Crippen MR) is 128 cm³/mol. The number of hydrogen-bond acceptors (Lipinski definition) is 5. The second kappa shape index (κ2) is 9.39. The lowest BCUT2D eigenvalue weighted by Crippen LogP contribution is -2.45. The number of urea groups is 1. The molecule has 3 N–H and O–H groups in total. The van der Waals surface area contributed by atoms with Crippen molar-refractivity contribution in [2.75, 3.05) is 17.2 Å². The number of halogens is 1. The molecule has 0 saturated carbocycles. The molecule has 2 aromatic carbocycles. The van der Waals surface area contributed by atoms with Crippen LogP contribution >= 0.6 is 11.6 Å². The maximum atomic E-state index is 13.0. The van der Waals surface area contributed by atoms with Crippen molar-refractivity contribution in [2.24, 2.45) is 0 Å². The summed E-state index contributed by atoms with van der Waals surface area (Å²) in [6, 6.07) is 11.5. The number of carbonyl (C=O) groups excluding carboxylic acids is 2. The highest BCUT2D eigenvalue weighted by atomic mass is 35.5. The van der Waals surface area contributed by atoms with E-state index < -0.39 is 23.6 Å². The molecule has 1 aromatic heterocycles. The normalized spacial score (nSPS) is 19.3. The van der Waals surface area contributed by atoms with Crippen LogP contribution in [0.1, 0.15) is 6.42 Å². The number of amides is 3. The van der Waals surface area contributed by atoms with E-state index in [-0.39, 0.29) is 18.5 Å². The SMILES string of the molecule is C#C[C@@]1(O)C[C@H](C(=O)Nc2ccc(-n3ccncc3=O)cc2)N(C(=O)Nc2ccc(Cl)cc2)C1. The largest absolute Gasteiger partial charge is 0.376 e. The fraction of sp³-hybridized carbons (Fsp3) is 0.167. The summed E-state index contributed by atoms with van der Waals surface area (Å²) in [5, 5.41) is 16.5. The Balaban J connectivity index is 1.50. The molecular formula is C24H20ClN5O4. The molecule has 172 valence electrons. The van der Waals surface area contributed by atoms with Gasteiger partial charge >= 0.3 is 6.03 Å². The maximum Gasteiger partial charge on any atom is 0.322 e. The molecule has 4 rings (SSSR count). The van der Waals surface area contributed by atoms with Crippen molar-refractivity contribution in [3.8, 4) is 18.0 Å². The first-order chi connectivity index (χ1) is 16.3. The van der Waals surface area contributed by atoms with Gasteiger partial charge in [-0.15, -0.1) is 6.42 Å². The summed E-state index contributed by atoms with van der Waals surface area (Å²) in [5.41, 5.74) is -0.402. The van der Waals surface area contributed by atoms with Gasteiger partial charge in [-0.05, 0) is 48.5 Å². The minimum absolute atomic E-state index is 0.117. The number of anilines is 2. The minimum atomic E-state index is -1.63. The summed E-state index contributed by atoms with van der Waals surface area (Å²) in [4.78, 5) is 42.8. The van der Waals surface area contributed by atoms with Crippen LogP contribution in [0.3, 0.4) is 0 Å². The molecule has 1 fully saturated rings. The van der Waals surface area contributed by atoms with Gasteiger partial charge in [0.15, 0.2) is 0 Å². The number of rotatable bonds is 4. The molecular weight excluding hydrogens is 458 g/mol. The minimum Gasteiger partial charge on any atom is -0.376 e. The fourth-order valence-corrected chi connectivity index (χ4v) is 3.79. The molecule has 34 heavy (non-hydrogen) atoms. The molecule has 0 aliphatic carbocycles.